The lowest BCUT2D eigenvalue weighted by molar-refractivity contribution is -0.125. The molecule has 2 aromatic rings. The number of rotatable bonds is 5. The summed E-state index contributed by atoms with van der Waals surface area (Å²) in [7, 11) is -2.90. The van der Waals surface area contributed by atoms with E-state index in [0.29, 0.717) is 18.5 Å². The molecule has 1 aliphatic rings. The van der Waals surface area contributed by atoms with Gasteiger partial charge < -0.3 is 21.7 Å². The quantitative estimate of drug-likeness (QED) is 0.446. The number of hydrogen-bond donors (Lipinski definition) is 5. The summed E-state index contributed by atoms with van der Waals surface area (Å²) in [5.74, 6) is -0.286. The third-order valence-electron chi connectivity index (χ3n) is 4.68. The fourth-order valence-corrected chi connectivity index (χ4v) is 3.71. The second-order valence-corrected chi connectivity index (χ2v) is 7.82. The van der Waals surface area contributed by atoms with Crippen molar-refractivity contribution >= 4 is 27.9 Å². The van der Waals surface area contributed by atoms with Gasteiger partial charge in [0, 0.05) is 26.6 Å². The molecule has 11 heteroatoms. The number of hydrogen-bond acceptors (Lipinski definition) is 5. The molecular formula is C19H25N5O5S. The lowest BCUT2D eigenvalue weighted by Crippen LogP contribution is -2.54. The Hall–Kier alpha value is -3.15. The maximum Gasteiger partial charge on any atom is 0.357 e. The molecule has 30 heavy (non-hydrogen) atoms. The molecule has 7 N–H and O–H groups in total. The van der Waals surface area contributed by atoms with Crippen molar-refractivity contribution in [3.8, 4) is 0 Å². The van der Waals surface area contributed by atoms with Gasteiger partial charge in [-0.25, -0.2) is 4.79 Å². The Morgan fingerprint density at radius 3 is 2.47 bits per heavy atom. The summed E-state index contributed by atoms with van der Waals surface area (Å²) in [6.07, 6.45) is 0.292. The standard InChI is InChI=1S/C19H22N4O5S.H3N/c1-20-18(24)17-10-14-7-8-16(22-29(26,27)28)9-15(14)12-23(17)19(25)21-11-13-5-3-2-4-6-13;/h2-9,17,22H,10-12H2,1H3,(H,20,24)(H,21,25)(H,26,27,28);1H3/t17-;/m0./s1. The normalized spacial score (nSPS) is 15.4. The third kappa shape index (κ3) is 5.69. The number of nitrogens with one attached hydrogen (secondary N) is 3. The van der Waals surface area contributed by atoms with E-state index in [4.69, 9.17) is 4.55 Å². The maximum absolute atomic E-state index is 12.8. The summed E-state index contributed by atoms with van der Waals surface area (Å²) in [4.78, 5) is 26.6. The van der Waals surface area contributed by atoms with Crippen molar-refractivity contribution in [2.45, 2.75) is 25.6 Å². The molecule has 0 aliphatic carbocycles. The lowest BCUT2D eigenvalue weighted by Gasteiger charge is -2.36. The van der Waals surface area contributed by atoms with Crippen LogP contribution in [0.15, 0.2) is 48.5 Å². The van der Waals surface area contributed by atoms with Crippen molar-refractivity contribution < 1.29 is 22.6 Å². The smallest absolute Gasteiger partial charge is 0.357 e. The Kier molecular flexibility index (Phi) is 7.38. The van der Waals surface area contributed by atoms with E-state index < -0.39 is 22.4 Å². The van der Waals surface area contributed by atoms with Crippen LogP contribution >= 0.6 is 0 Å². The lowest BCUT2D eigenvalue weighted by atomic mass is 9.93. The topological polar surface area (TPSA) is 163 Å². The highest BCUT2D eigenvalue weighted by atomic mass is 32.2. The summed E-state index contributed by atoms with van der Waals surface area (Å²) >= 11 is 0. The van der Waals surface area contributed by atoms with Crippen LogP contribution in [-0.4, -0.2) is 42.9 Å². The highest BCUT2D eigenvalue weighted by Gasteiger charge is 2.34. The van der Waals surface area contributed by atoms with Crippen molar-refractivity contribution in [1.29, 1.82) is 0 Å². The molecule has 0 saturated heterocycles. The Morgan fingerprint density at radius 1 is 1.13 bits per heavy atom. The largest absolute Gasteiger partial charge is 0.357 e. The number of benzene rings is 2. The predicted molar refractivity (Wildman–Crippen MR) is 112 cm³/mol. The monoisotopic (exact) mass is 435 g/mol. The van der Waals surface area contributed by atoms with Gasteiger partial charge in [-0.15, -0.1) is 0 Å². The van der Waals surface area contributed by atoms with Gasteiger partial charge in [0.15, 0.2) is 0 Å². The summed E-state index contributed by atoms with van der Waals surface area (Å²) in [5, 5.41) is 5.40. The summed E-state index contributed by atoms with van der Waals surface area (Å²) < 4.78 is 33.1. The van der Waals surface area contributed by atoms with E-state index in [-0.39, 0.29) is 24.3 Å². The number of carbonyl (C=O) groups is 2. The third-order valence-corrected chi connectivity index (χ3v) is 5.17. The van der Waals surface area contributed by atoms with Crippen molar-refractivity contribution in [3.63, 3.8) is 0 Å². The number of urea groups is 1. The van der Waals surface area contributed by atoms with Gasteiger partial charge in [0.1, 0.15) is 6.04 Å². The highest BCUT2D eigenvalue weighted by molar-refractivity contribution is 7.87. The SMILES string of the molecule is CNC(=O)[C@@H]1Cc2ccc(NS(=O)(=O)O)cc2CN1C(=O)NCc1ccccc1.N. The number of carbonyl (C=O) groups excluding carboxylic acids is 2. The second-order valence-electron chi connectivity index (χ2n) is 6.67. The molecule has 162 valence electrons. The number of nitrogens with zero attached hydrogens (tertiary/aromatic N) is 1. The van der Waals surface area contributed by atoms with Gasteiger partial charge >= 0.3 is 16.3 Å². The molecule has 1 heterocycles. The zero-order valence-electron chi connectivity index (χ0n) is 16.5. The van der Waals surface area contributed by atoms with Crippen molar-refractivity contribution in [2.24, 2.45) is 0 Å². The van der Waals surface area contributed by atoms with Crippen LogP contribution in [0.4, 0.5) is 10.5 Å². The van der Waals surface area contributed by atoms with Gasteiger partial charge in [-0.3, -0.25) is 14.1 Å². The average molecular weight is 436 g/mol. The number of likely N-dealkylation sites (N-methyl/N-ethyl adjacent to an activating group) is 1. The molecule has 0 radical (unpaired) electrons. The highest BCUT2D eigenvalue weighted by Crippen LogP contribution is 2.27. The molecule has 3 rings (SSSR count). The van der Waals surface area contributed by atoms with Crippen LogP contribution in [0.5, 0.6) is 0 Å². The zero-order chi connectivity index (χ0) is 21.0. The molecule has 0 fully saturated rings. The van der Waals surface area contributed by atoms with Crippen molar-refractivity contribution in [2.75, 3.05) is 11.8 Å². The van der Waals surface area contributed by atoms with Gasteiger partial charge in [0.05, 0.1) is 5.69 Å². The molecule has 2 aromatic carbocycles. The molecule has 10 nitrogen and oxygen atoms in total. The van der Waals surface area contributed by atoms with Crippen LogP contribution in [0.1, 0.15) is 16.7 Å². The number of anilines is 1. The van der Waals surface area contributed by atoms with Crippen molar-refractivity contribution in [3.05, 3.63) is 65.2 Å². The fraction of sp³-hybridized carbons (Fsp3) is 0.263. The first-order valence-corrected chi connectivity index (χ1v) is 10.4. The van der Waals surface area contributed by atoms with E-state index in [1.165, 1.54) is 18.0 Å². The van der Waals surface area contributed by atoms with Crippen LogP contribution in [-0.2, 0) is 34.6 Å². The zero-order valence-corrected chi connectivity index (χ0v) is 17.3. The first-order chi connectivity index (χ1) is 13.8. The molecule has 0 unspecified atom stereocenters. The molecule has 1 atom stereocenters. The first-order valence-electron chi connectivity index (χ1n) is 8.94. The summed E-state index contributed by atoms with van der Waals surface area (Å²) in [6.45, 7) is 0.433. The van der Waals surface area contributed by atoms with Crippen LogP contribution in [0.3, 0.4) is 0 Å². The van der Waals surface area contributed by atoms with E-state index in [9.17, 15) is 18.0 Å². The minimum absolute atomic E-state index is 0. The molecule has 0 aromatic heterocycles. The number of fused-ring (bicyclic) bond motifs is 1. The fourth-order valence-electron chi connectivity index (χ4n) is 3.29. The van der Waals surface area contributed by atoms with Crippen molar-refractivity contribution in [1.82, 2.24) is 21.7 Å². The Bertz CT molecular complexity index is 1010. The maximum atomic E-state index is 12.8. The minimum atomic E-state index is -4.41. The van der Waals surface area contributed by atoms with Gasteiger partial charge in [-0.05, 0) is 28.8 Å². The van der Waals surface area contributed by atoms with E-state index in [2.05, 4.69) is 10.6 Å². The van der Waals surface area contributed by atoms with E-state index in [0.717, 1.165) is 11.1 Å². The molecule has 1 aliphatic heterocycles. The first kappa shape index (κ1) is 23.1. The van der Waals surface area contributed by atoms with E-state index in [1.54, 1.807) is 12.1 Å². The Labute approximate surface area is 175 Å². The Morgan fingerprint density at radius 2 is 1.83 bits per heavy atom. The minimum Gasteiger partial charge on any atom is -0.357 e. The van der Waals surface area contributed by atoms with Gasteiger partial charge in [0.25, 0.3) is 0 Å². The summed E-state index contributed by atoms with van der Waals surface area (Å²) in [5.41, 5.74) is 2.61. The van der Waals surface area contributed by atoms with Crippen LogP contribution in [0.2, 0.25) is 0 Å². The Balaban J connectivity index is 0.00000320. The van der Waals surface area contributed by atoms with Crippen LogP contribution in [0, 0.1) is 0 Å². The van der Waals surface area contributed by atoms with Crippen LogP contribution in [0.25, 0.3) is 0 Å². The molecule has 0 saturated carbocycles. The number of amides is 3. The van der Waals surface area contributed by atoms with E-state index in [1.807, 2.05) is 35.1 Å². The molecule has 0 bridgehead atoms. The molecule has 3 amide bonds. The van der Waals surface area contributed by atoms with E-state index >= 15 is 0 Å². The average Bonchev–Trinajstić information content (AvgIpc) is 2.70. The summed E-state index contributed by atoms with van der Waals surface area (Å²) in [6, 6.07) is 13.0. The molecule has 0 spiro atoms. The second kappa shape index (κ2) is 9.57. The van der Waals surface area contributed by atoms with Gasteiger partial charge in [-0.2, -0.15) is 8.42 Å². The van der Waals surface area contributed by atoms with Gasteiger partial charge in [0.2, 0.25) is 5.91 Å². The molecular weight excluding hydrogens is 410 g/mol. The van der Waals surface area contributed by atoms with Gasteiger partial charge in [-0.1, -0.05) is 36.4 Å². The predicted octanol–water partition coefficient (Wildman–Crippen LogP) is 1.45. The van der Waals surface area contributed by atoms with Crippen LogP contribution < -0.4 is 21.5 Å².